The van der Waals surface area contributed by atoms with Gasteiger partial charge in [0.25, 0.3) is 5.91 Å². The lowest BCUT2D eigenvalue weighted by Crippen LogP contribution is -2.58. The second-order valence-electron chi connectivity index (χ2n) is 8.62. The van der Waals surface area contributed by atoms with Crippen molar-refractivity contribution >= 4 is 5.91 Å². The molecule has 5 heteroatoms. The van der Waals surface area contributed by atoms with Gasteiger partial charge in [0.15, 0.2) is 0 Å². The molecule has 0 radical (unpaired) electrons. The first-order valence-electron chi connectivity index (χ1n) is 10.8. The van der Waals surface area contributed by atoms with Crippen LogP contribution in [-0.2, 0) is 6.54 Å². The predicted molar refractivity (Wildman–Crippen MR) is 109 cm³/mol. The highest BCUT2D eigenvalue weighted by Crippen LogP contribution is 2.45. The zero-order chi connectivity index (χ0) is 18.5. The molecule has 1 aromatic carbocycles. The summed E-state index contributed by atoms with van der Waals surface area (Å²) < 4.78 is 0. The van der Waals surface area contributed by atoms with Crippen LogP contribution in [0.15, 0.2) is 24.3 Å². The summed E-state index contributed by atoms with van der Waals surface area (Å²) in [5, 5.41) is 10.4. The van der Waals surface area contributed by atoms with Crippen LogP contribution in [0.5, 0.6) is 0 Å². The molecule has 1 unspecified atom stereocenters. The van der Waals surface area contributed by atoms with Crippen molar-refractivity contribution in [2.45, 2.75) is 51.1 Å². The molecule has 3 fully saturated rings. The van der Waals surface area contributed by atoms with Crippen molar-refractivity contribution in [2.24, 2.45) is 5.41 Å². The molecule has 0 aromatic heterocycles. The summed E-state index contributed by atoms with van der Waals surface area (Å²) in [6.07, 6.45) is 7.89. The molecular formula is C22H34N4O. The molecule has 1 aliphatic carbocycles. The maximum atomic E-state index is 12.3. The van der Waals surface area contributed by atoms with Gasteiger partial charge >= 0.3 is 0 Å². The van der Waals surface area contributed by atoms with E-state index < -0.39 is 0 Å². The SMILES string of the molecule is O=C(NCCN1CCCC1)c1ccc(CNC2CCNCC23CCC3)cc1. The number of amides is 1. The molecule has 2 aliphatic heterocycles. The summed E-state index contributed by atoms with van der Waals surface area (Å²) in [6.45, 7) is 7.23. The molecule has 0 bridgehead atoms. The standard InChI is InChI=1S/C22H34N4O/c27-21(24-12-15-26-13-1-2-14-26)19-6-4-18(5-7-19)16-25-20-8-11-23-17-22(20)9-3-10-22/h4-7,20,23,25H,1-3,8-17H2,(H,24,27). The van der Waals surface area contributed by atoms with E-state index in [1.807, 2.05) is 12.1 Å². The van der Waals surface area contributed by atoms with Crippen molar-refractivity contribution in [3.63, 3.8) is 0 Å². The van der Waals surface area contributed by atoms with Crippen LogP contribution in [0, 0.1) is 5.41 Å². The predicted octanol–water partition coefficient (Wildman–Crippen LogP) is 2.13. The van der Waals surface area contributed by atoms with E-state index in [1.54, 1.807) is 0 Å². The zero-order valence-electron chi connectivity index (χ0n) is 16.4. The number of nitrogens with one attached hydrogen (secondary N) is 3. The summed E-state index contributed by atoms with van der Waals surface area (Å²) in [6, 6.07) is 8.74. The van der Waals surface area contributed by atoms with Crippen molar-refractivity contribution in [1.29, 1.82) is 0 Å². The average molecular weight is 371 g/mol. The second kappa shape index (κ2) is 8.72. The van der Waals surface area contributed by atoms with Gasteiger partial charge < -0.3 is 20.9 Å². The highest BCUT2D eigenvalue weighted by atomic mass is 16.1. The Morgan fingerprint density at radius 3 is 2.63 bits per heavy atom. The molecule has 2 heterocycles. The fraction of sp³-hybridized carbons (Fsp3) is 0.682. The Hall–Kier alpha value is -1.43. The molecule has 1 aromatic rings. The Labute approximate surface area is 163 Å². The fourth-order valence-corrected chi connectivity index (χ4v) is 4.94. The maximum absolute atomic E-state index is 12.3. The molecular weight excluding hydrogens is 336 g/mol. The Kier molecular flexibility index (Phi) is 6.11. The molecule has 1 atom stereocenters. The van der Waals surface area contributed by atoms with E-state index in [2.05, 4.69) is 33.0 Å². The minimum Gasteiger partial charge on any atom is -0.351 e. The summed E-state index contributed by atoms with van der Waals surface area (Å²) in [4.78, 5) is 14.7. The van der Waals surface area contributed by atoms with Gasteiger partial charge in [-0.3, -0.25) is 4.79 Å². The van der Waals surface area contributed by atoms with Gasteiger partial charge in [0.2, 0.25) is 0 Å². The highest BCUT2D eigenvalue weighted by Gasteiger charge is 2.44. The molecule has 1 saturated carbocycles. The molecule has 5 nitrogen and oxygen atoms in total. The monoisotopic (exact) mass is 370 g/mol. The Bertz CT molecular complexity index is 620. The summed E-state index contributed by atoms with van der Waals surface area (Å²) in [5.41, 5.74) is 2.52. The van der Waals surface area contributed by atoms with E-state index >= 15 is 0 Å². The average Bonchev–Trinajstić information content (AvgIpc) is 3.19. The van der Waals surface area contributed by atoms with Crippen LogP contribution >= 0.6 is 0 Å². The van der Waals surface area contributed by atoms with E-state index in [0.29, 0.717) is 11.5 Å². The lowest BCUT2D eigenvalue weighted by molar-refractivity contribution is 0.0472. The number of carbonyl (C=O) groups is 1. The van der Waals surface area contributed by atoms with Crippen molar-refractivity contribution in [3.05, 3.63) is 35.4 Å². The number of carbonyl (C=O) groups excluding carboxylic acids is 1. The van der Waals surface area contributed by atoms with Gasteiger partial charge in [-0.05, 0) is 74.8 Å². The van der Waals surface area contributed by atoms with Gasteiger partial charge in [0.1, 0.15) is 0 Å². The molecule has 1 spiro atoms. The van der Waals surface area contributed by atoms with Crippen LogP contribution in [0.3, 0.4) is 0 Å². The van der Waals surface area contributed by atoms with E-state index in [4.69, 9.17) is 0 Å². The first-order valence-corrected chi connectivity index (χ1v) is 10.8. The van der Waals surface area contributed by atoms with Crippen molar-refractivity contribution < 1.29 is 4.79 Å². The summed E-state index contributed by atoms with van der Waals surface area (Å²) in [5.74, 6) is 0.0421. The van der Waals surface area contributed by atoms with E-state index in [9.17, 15) is 4.79 Å². The first kappa shape index (κ1) is 18.9. The van der Waals surface area contributed by atoms with Crippen LogP contribution in [0.25, 0.3) is 0 Å². The van der Waals surface area contributed by atoms with Crippen molar-refractivity contribution in [2.75, 3.05) is 39.3 Å². The van der Waals surface area contributed by atoms with Gasteiger partial charge in [0, 0.05) is 37.8 Å². The number of piperidine rings is 1. The van der Waals surface area contributed by atoms with Gasteiger partial charge in [-0.15, -0.1) is 0 Å². The van der Waals surface area contributed by atoms with E-state index in [0.717, 1.165) is 31.7 Å². The Morgan fingerprint density at radius 1 is 1.15 bits per heavy atom. The molecule has 1 amide bonds. The quantitative estimate of drug-likeness (QED) is 0.688. The number of benzene rings is 1. The largest absolute Gasteiger partial charge is 0.351 e. The fourth-order valence-electron chi connectivity index (χ4n) is 4.94. The Balaban J connectivity index is 1.22. The smallest absolute Gasteiger partial charge is 0.251 e. The van der Waals surface area contributed by atoms with Gasteiger partial charge in [0.05, 0.1) is 0 Å². The lowest BCUT2D eigenvalue weighted by Gasteiger charge is -2.51. The van der Waals surface area contributed by atoms with Crippen LogP contribution in [0.1, 0.15) is 54.4 Å². The summed E-state index contributed by atoms with van der Waals surface area (Å²) in [7, 11) is 0. The number of likely N-dealkylation sites (tertiary alicyclic amines) is 1. The minimum absolute atomic E-state index is 0.0421. The van der Waals surface area contributed by atoms with Crippen molar-refractivity contribution in [3.8, 4) is 0 Å². The maximum Gasteiger partial charge on any atom is 0.251 e. The summed E-state index contributed by atoms with van der Waals surface area (Å²) >= 11 is 0. The van der Waals surface area contributed by atoms with Crippen LogP contribution in [-0.4, -0.2) is 56.1 Å². The van der Waals surface area contributed by atoms with Crippen molar-refractivity contribution in [1.82, 2.24) is 20.9 Å². The topological polar surface area (TPSA) is 56.4 Å². The normalized spacial score (nSPS) is 24.7. The first-order chi connectivity index (χ1) is 13.3. The van der Waals surface area contributed by atoms with Crippen LogP contribution in [0.2, 0.25) is 0 Å². The lowest BCUT2D eigenvalue weighted by atomic mass is 9.62. The molecule has 2 saturated heterocycles. The third-order valence-electron chi connectivity index (χ3n) is 6.86. The molecule has 4 rings (SSSR count). The van der Waals surface area contributed by atoms with Crippen LogP contribution < -0.4 is 16.0 Å². The number of hydrogen-bond acceptors (Lipinski definition) is 4. The molecule has 148 valence electrons. The van der Waals surface area contributed by atoms with E-state index in [-0.39, 0.29) is 5.91 Å². The third kappa shape index (κ3) is 4.53. The van der Waals surface area contributed by atoms with Gasteiger partial charge in [-0.2, -0.15) is 0 Å². The number of hydrogen-bond donors (Lipinski definition) is 3. The van der Waals surface area contributed by atoms with Crippen LogP contribution in [0.4, 0.5) is 0 Å². The van der Waals surface area contributed by atoms with Gasteiger partial charge in [-0.25, -0.2) is 0 Å². The highest BCUT2D eigenvalue weighted by molar-refractivity contribution is 5.94. The third-order valence-corrected chi connectivity index (χ3v) is 6.86. The molecule has 3 aliphatic rings. The molecule has 3 N–H and O–H groups in total. The Morgan fingerprint density at radius 2 is 1.93 bits per heavy atom. The zero-order valence-corrected chi connectivity index (χ0v) is 16.4. The van der Waals surface area contributed by atoms with Gasteiger partial charge in [-0.1, -0.05) is 18.6 Å². The number of rotatable bonds is 7. The number of nitrogens with zero attached hydrogens (tertiary/aromatic N) is 1. The second-order valence-corrected chi connectivity index (χ2v) is 8.62. The van der Waals surface area contributed by atoms with E-state index in [1.165, 1.54) is 63.7 Å². The molecule has 27 heavy (non-hydrogen) atoms. The minimum atomic E-state index is 0.0421.